The SMILES string of the molecule is COc1cc(C=Nc2sc3c(c2C(=O)NC2CCCCC2)CCCC3)ccc1OCC(=O)N1CCOCC1. The van der Waals surface area contributed by atoms with Crippen LogP contribution in [0.5, 0.6) is 11.5 Å². The van der Waals surface area contributed by atoms with Crippen molar-refractivity contribution in [2.45, 2.75) is 63.8 Å². The van der Waals surface area contributed by atoms with Crippen molar-refractivity contribution < 1.29 is 23.8 Å². The van der Waals surface area contributed by atoms with Crippen LogP contribution < -0.4 is 14.8 Å². The summed E-state index contributed by atoms with van der Waals surface area (Å²) in [6.07, 6.45) is 11.7. The van der Waals surface area contributed by atoms with Gasteiger partial charge in [-0.3, -0.25) is 9.59 Å². The molecule has 2 aliphatic carbocycles. The molecule has 38 heavy (non-hydrogen) atoms. The summed E-state index contributed by atoms with van der Waals surface area (Å²) in [7, 11) is 1.58. The second kappa shape index (κ2) is 12.8. The number of benzene rings is 1. The second-order valence-corrected chi connectivity index (χ2v) is 11.2. The molecule has 2 heterocycles. The molecule has 9 heteroatoms. The maximum absolute atomic E-state index is 13.4. The normalized spacial score (nSPS) is 18.3. The number of amides is 2. The van der Waals surface area contributed by atoms with Crippen molar-refractivity contribution in [3.8, 4) is 11.5 Å². The number of methoxy groups -OCH3 is 1. The number of carbonyl (C=O) groups is 2. The van der Waals surface area contributed by atoms with E-state index in [1.54, 1.807) is 35.6 Å². The molecule has 1 aromatic heterocycles. The van der Waals surface area contributed by atoms with Crippen LogP contribution in [-0.4, -0.2) is 69.0 Å². The molecule has 0 unspecified atom stereocenters. The van der Waals surface area contributed by atoms with Gasteiger partial charge in [0.1, 0.15) is 5.00 Å². The van der Waals surface area contributed by atoms with Gasteiger partial charge in [0.15, 0.2) is 18.1 Å². The van der Waals surface area contributed by atoms with Gasteiger partial charge in [-0.2, -0.15) is 0 Å². The third-order valence-electron chi connectivity index (χ3n) is 7.55. The Morgan fingerprint density at radius 2 is 1.89 bits per heavy atom. The first-order valence-corrected chi connectivity index (χ1v) is 14.6. The Balaban J connectivity index is 1.30. The molecule has 1 saturated carbocycles. The summed E-state index contributed by atoms with van der Waals surface area (Å²) in [5.41, 5.74) is 2.78. The third kappa shape index (κ3) is 6.38. The minimum Gasteiger partial charge on any atom is -0.493 e. The highest BCUT2D eigenvalue weighted by molar-refractivity contribution is 7.16. The zero-order valence-corrected chi connectivity index (χ0v) is 22.9. The van der Waals surface area contributed by atoms with E-state index in [4.69, 9.17) is 19.2 Å². The van der Waals surface area contributed by atoms with Gasteiger partial charge in [0, 0.05) is 30.2 Å². The van der Waals surface area contributed by atoms with E-state index in [0.29, 0.717) is 37.8 Å². The summed E-state index contributed by atoms with van der Waals surface area (Å²) in [6, 6.07) is 5.78. The fourth-order valence-corrected chi connectivity index (χ4v) is 6.67. The van der Waals surface area contributed by atoms with Crippen LogP contribution in [0.1, 0.15) is 71.3 Å². The highest BCUT2D eigenvalue weighted by Crippen LogP contribution is 2.40. The van der Waals surface area contributed by atoms with E-state index in [2.05, 4.69) is 5.32 Å². The first-order chi connectivity index (χ1) is 18.6. The Kier molecular flexibility index (Phi) is 8.96. The maximum Gasteiger partial charge on any atom is 0.260 e. The fourth-order valence-electron chi connectivity index (χ4n) is 5.44. The van der Waals surface area contributed by atoms with E-state index < -0.39 is 0 Å². The first-order valence-electron chi connectivity index (χ1n) is 13.8. The molecular formula is C29H37N3O5S. The van der Waals surface area contributed by atoms with Gasteiger partial charge in [-0.1, -0.05) is 19.3 Å². The standard InChI is InChI=1S/C29H37N3O5S/c1-35-24-17-20(11-12-23(24)37-19-26(33)32-13-15-36-16-14-32)18-30-29-27(22-9-5-6-10-25(22)38-29)28(34)31-21-7-3-2-4-8-21/h11-12,17-18,21H,2-10,13-16,19H2,1H3,(H,31,34). The summed E-state index contributed by atoms with van der Waals surface area (Å²) < 4.78 is 16.6. The van der Waals surface area contributed by atoms with Crippen LogP contribution in [0.25, 0.3) is 0 Å². The van der Waals surface area contributed by atoms with Gasteiger partial charge in [-0.15, -0.1) is 11.3 Å². The highest BCUT2D eigenvalue weighted by Gasteiger charge is 2.27. The number of rotatable bonds is 8. The molecule has 5 rings (SSSR count). The van der Waals surface area contributed by atoms with Crippen LogP contribution in [0.4, 0.5) is 5.00 Å². The van der Waals surface area contributed by atoms with Gasteiger partial charge in [0.05, 0.1) is 25.9 Å². The molecule has 8 nitrogen and oxygen atoms in total. The number of morpholine rings is 1. The lowest BCUT2D eigenvalue weighted by molar-refractivity contribution is -0.137. The van der Waals surface area contributed by atoms with Crippen molar-refractivity contribution in [3.05, 3.63) is 39.8 Å². The van der Waals surface area contributed by atoms with Crippen molar-refractivity contribution in [2.75, 3.05) is 40.0 Å². The summed E-state index contributed by atoms with van der Waals surface area (Å²) in [5, 5.41) is 4.08. The summed E-state index contributed by atoms with van der Waals surface area (Å²) in [5.74, 6) is 0.992. The molecule has 0 radical (unpaired) electrons. The molecule has 2 amide bonds. The molecule has 1 saturated heterocycles. The largest absolute Gasteiger partial charge is 0.493 e. The minimum atomic E-state index is -0.0679. The number of nitrogens with one attached hydrogen (secondary N) is 1. The molecule has 1 N–H and O–H groups in total. The van der Waals surface area contributed by atoms with Gasteiger partial charge in [-0.05, 0) is 67.9 Å². The van der Waals surface area contributed by atoms with Crippen LogP contribution in [-0.2, 0) is 22.4 Å². The monoisotopic (exact) mass is 539 g/mol. The smallest absolute Gasteiger partial charge is 0.260 e. The molecule has 1 aliphatic heterocycles. The van der Waals surface area contributed by atoms with Crippen LogP contribution in [0.3, 0.4) is 0 Å². The van der Waals surface area contributed by atoms with Gasteiger partial charge in [0.25, 0.3) is 11.8 Å². The predicted molar refractivity (Wildman–Crippen MR) is 148 cm³/mol. The lowest BCUT2D eigenvalue weighted by Crippen LogP contribution is -2.43. The summed E-state index contributed by atoms with van der Waals surface area (Å²) in [6.45, 7) is 2.23. The molecular weight excluding hydrogens is 502 g/mol. The minimum absolute atomic E-state index is 0.0229. The fraction of sp³-hybridized carbons (Fsp3) is 0.552. The van der Waals surface area contributed by atoms with E-state index >= 15 is 0 Å². The first kappa shape index (κ1) is 26.7. The van der Waals surface area contributed by atoms with Crippen LogP contribution in [0, 0.1) is 0 Å². The van der Waals surface area contributed by atoms with Crippen molar-refractivity contribution in [2.24, 2.45) is 4.99 Å². The lowest BCUT2D eigenvalue weighted by Gasteiger charge is -2.26. The Morgan fingerprint density at radius 3 is 2.68 bits per heavy atom. The predicted octanol–water partition coefficient (Wildman–Crippen LogP) is 4.69. The second-order valence-electron chi connectivity index (χ2n) is 10.1. The maximum atomic E-state index is 13.4. The van der Waals surface area contributed by atoms with Crippen molar-refractivity contribution >= 4 is 34.4 Å². The summed E-state index contributed by atoms with van der Waals surface area (Å²) >= 11 is 1.64. The zero-order valence-electron chi connectivity index (χ0n) is 22.1. The van der Waals surface area contributed by atoms with Crippen LogP contribution in [0.2, 0.25) is 0 Å². The van der Waals surface area contributed by atoms with E-state index in [1.165, 1.54) is 29.7 Å². The number of hydrogen-bond donors (Lipinski definition) is 1. The van der Waals surface area contributed by atoms with E-state index in [0.717, 1.165) is 54.7 Å². The number of aryl methyl sites for hydroxylation is 1. The number of ether oxygens (including phenoxy) is 3. The lowest BCUT2D eigenvalue weighted by atomic mass is 9.93. The Labute approximate surface area is 228 Å². The molecule has 0 spiro atoms. The average molecular weight is 540 g/mol. The number of hydrogen-bond acceptors (Lipinski definition) is 7. The van der Waals surface area contributed by atoms with Crippen molar-refractivity contribution in [3.63, 3.8) is 0 Å². The molecule has 2 aromatic rings. The number of carbonyl (C=O) groups excluding carboxylic acids is 2. The molecule has 2 fully saturated rings. The van der Waals surface area contributed by atoms with Gasteiger partial charge in [-0.25, -0.2) is 4.99 Å². The molecule has 0 atom stereocenters. The number of aliphatic imine (C=N–C) groups is 1. The van der Waals surface area contributed by atoms with Gasteiger partial charge < -0.3 is 24.4 Å². The van der Waals surface area contributed by atoms with Crippen molar-refractivity contribution in [1.82, 2.24) is 10.2 Å². The average Bonchev–Trinajstić information content (AvgIpc) is 3.34. The van der Waals surface area contributed by atoms with Gasteiger partial charge >= 0.3 is 0 Å². The third-order valence-corrected chi connectivity index (χ3v) is 8.75. The molecule has 1 aromatic carbocycles. The zero-order chi connectivity index (χ0) is 26.3. The van der Waals surface area contributed by atoms with E-state index in [9.17, 15) is 9.59 Å². The Bertz CT molecular complexity index is 1170. The van der Waals surface area contributed by atoms with Crippen molar-refractivity contribution in [1.29, 1.82) is 0 Å². The number of fused-ring (bicyclic) bond motifs is 1. The summed E-state index contributed by atoms with van der Waals surface area (Å²) in [4.78, 5) is 33.7. The number of thiophene rings is 1. The van der Waals surface area contributed by atoms with Crippen LogP contribution >= 0.6 is 11.3 Å². The van der Waals surface area contributed by atoms with E-state index in [1.807, 2.05) is 12.1 Å². The Morgan fingerprint density at radius 1 is 1.11 bits per heavy atom. The highest BCUT2D eigenvalue weighted by atomic mass is 32.1. The molecule has 3 aliphatic rings. The van der Waals surface area contributed by atoms with E-state index in [-0.39, 0.29) is 24.5 Å². The molecule has 0 bridgehead atoms. The molecule has 204 valence electrons. The topological polar surface area (TPSA) is 89.5 Å². The van der Waals surface area contributed by atoms with Crippen LogP contribution in [0.15, 0.2) is 23.2 Å². The quantitative estimate of drug-likeness (QED) is 0.492. The van der Waals surface area contributed by atoms with Gasteiger partial charge in [0.2, 0.25) is 0 Å². The number of nitrogens with zero attached hydrogens (tertiary/aromatic N) is 2. The Hall–Kier alpha value is -2.91.